The lowest BCUT2D eigenvalue weighted by Crippen LogP contribution is -2.09. The zero-order valence-electron chi connectivity index (χ0n) is 17.4. The molecule has 0 amide bonds. The van der Waals surface area contributed by atoms with Crippen molar-refractivity contribution in [1.29, 1.82) is 5.26 Å². The first-order valence-electron chi connectivity index (χ1n) is 9.68. The minimum atomic E-state index is -4.64. The molecule has 0 bridgehead atoms. The highest BCUT2D eigenvalue weighted by molar-refractivity contribution is 7.91. The number of aromatic nitrogens is 4. The van der Waals surface area contributed by atoms with Crippen LogP contribution in [-0.4, -0.2) is 33.7 Å². The van der Waals surface area contributed by atoms with E-state index in [0.717, 1.165) is 12.3 Å². The van der Waals surface area contributed by atoms with Crippen LogP contribution >= 0.6 is 0 Å². The lowest BCUT2D eigenvalue weighted by atomic mass is 10.1. The van der Waals surface area contributed by atoms with Crippen LogP contribution in [0.2, 0.25) is 0 Å². The second-order valence-corrected chi connectivity index (χ2v) is 9.46. The van der Waals surface area contributed by atoms with Gasteiger partial charge in [0.15, 0.2) is 15.7 Å². The van der Waals surface area contributed by atoms with E-state index in [9.17, 15) is 21.6 Å². The Labute approximate surface area is 187 Å². The van der Waals surface area contributed by atoms with E-state index in [0.29, 0.717) is 22.2 Å². The lowest BCUT2D eigenvalue weighted by Gasteiger charge is -2.11. The van der Waals surface area contributed by atoms with Crippen molar-refractivity contribution in [2.45, 2.75) is 18.0 Å². The van der Waals surface area contributed by atoms with Crippen molar-refractivity contribution in [2.75, 3.05) is 5.75 Å². The molecule has 3 aromatic heterocycles. The molecule has 0 spiro atoms. The second-order valence-electron chi connectivity index (χ2n) is 7.21. The van der Waals surface area contributed by atoms with Crippen LogP contribution in [0.15, 0.2) is 53.7 Å². The average molecular weight is 471 g/mol. The van der Waals surface area contributed by atoms with E-state index in [2.05, 4.69) is 15.0 Å². The van der Waals surface area contributed by atoms with Crippen molar-refractivity contribution in [3.05, 3.63) is 60.0 Å². The van der Waals surface area contributed by atoms with Gasteiger partial charge in [-0.15, -0.1) is 0 Å². The molecule has 0 aliphatic rings. The van der Waals surface area contributed by atoms with E-state index in [1.807, 2.05) is 6.07 Å². The average Bonchev–Trinajstić information content (AvgIpc) is 3.14. The molecule has 3 heterocycles. The van der Waals surface area contributed by atoms with Gasteiger partial charge in [-0.05, 0) is 29.8 Å². The molecule has 4 rings (SSSR count). The number of nitriles is 1. The maximum atomic E-state index is 13.1. The first-order chi connectivity index (χ1) is 15.5. The highest BCUT2D eigenvalue weighted by Crippen LogP contribution is 2.33. The number of nitrogens with zero attached hydrogens (tertiary/aromatic N) is 5. The zero-order valence-corrected chi connectivity index (χ0v) is 18.2. The molecular formula is C22H16F3N5O2S. The van der Waals surface area contributed by atoms with Gasteiger partial charge in [-0.2, -0.15) is 18.4 Å². The van der Waals surface area contributed by atoms with E-state index < -0.39 is 21.7 Å². The van der Waals surface area contributed by atoms with Crippen molar-refractivity contribution in [1.82, 2.24) is 19.5 Å². The number of aryl methyl sites for hydroxylation is 1. The Balaban J connectivity index is 1.92. The summed E-state index contributed by atoms with van der Waals surface area (Å²) in [6, 6.07) is 10.9. The predicted octanol–water partition coefficient (Wildman–Crippen LogP) is 4.38. The van der Waals surface area contributed by atoms with Gasteiger partial charge in [-0.25, -0.2) is 18.4 Å². The first-order valence-corrected chi connectivity index (χ1v) is 11.3. The van der Waals surface area contributed by atoms with Gasteiger partial charge in [0, 0.05) is 18.8 Å². The van der Waals surface area contributed by atoms with E-state index in [1.54, 1.807) is 31.3 Å². The number of hydrogen-bond acceptors (Lipinski definition) is 6. The van der Waals surface area contributed by atoms with Crippen LogP contribution in [0.5, 0.6) is 0 Å². The van der Waals surface area contributed by atoms with E-state index in [4.69, 9.17) is 5.26 Å². The van der Waals surface area contributed by atoms with Gasteiger partial charge in [0.2, 0.25) is 0 Å². The number of alkyl halides is 3. The molecule has 1 aromatic carbocycles. The molecule has 0 atom stereocenters. The number of pyridine rings is 2. The van der Waals surface area contributed by atoms with Gasteiger partial charge in [0.1, 0.15) is 11.4 Å². The number of rotatable bonds is 4. The van der Waals surface area contributed by atoms with E-state index in [-0.39, 0.29) is 27.7 Å². The molecule has 0 saturated carbocycles. The number of hydrogen-bond donors (Lipinski definition) is 0. The van der Waals surface area contributed by atoms with Crippen LogP contribution in [0.3, 0.4) is 0 Å². The third-order valence-electron chi connectivity index (χ3n) is 5.18. The third-order valence-corrected chi connectivity index (χ3v) is 6.93. The number of benzene rings is 1. The topological polar surface area (TPSA) is 102 Å². The SMILES string of the molecule is CCS(=O)(=O)c1cc(-c2ccc(C#N)cc2)cnc1-c1nc2cc(C(F)(F)F)ncc2n1C. The fourth-order valence-corrected chi connectivity index (χ4v) is 4.41. The van der Waals surface area contributed by atoms with Gasteiger partial charge < -0.3 is 4.57 Å². The predicted molar refractivity (Wildman–Crippen MR) is 115 cm³/mol. The first kappa shape index (κ1) is 22.4. The number of fused-ring (bicyclic) bond motifs is 1. The van der Waals surface area contributed by atoms with Crippen molar-refractivity contribution in [3.63, 3.8) is 0 Å². The van der Waals surface area contributed by atoms with Crippen LogP contribution in [0, 0.1) is 11.3 Å². The summed E-state index contributed by atoms with van der Waals surface area (Å²) in [6.45, 7) is 1.49. The Morgan fingerprint density at radius 2 is 1.76 bits per heavy atom. The summed E-state index contributed by atoms with van der Waals surface area (Å²) < 4.78 is 66.5. The Morgan fingerprint density at radius 1 is 1.06 bits per heavy atom. The fraction of sp³-hybridized carbons (Fsp3) is 0.182. The summed E-state index contributed by atoms with van der Waals surface area (Å²) in [5, 5.41) is 8.97. The highest BCUT2D eigenvalue weighted by Gasteiger charge is 2.33. The molecule has 11 heteroatoms. The quantitative estimate of drug-likeness (QED) is 0.438. The monoisotopic (exact) mass is 471 g/mol. The summed E-state index contributed by atoms with van der Waals surface area (Å²) in [5.74, 6) is -0.105. The number of imidazole rings is 1. The van der Waals surface area contributed by atoms with Gasteiger partial charge in [0.05, 0.1) is 39.5 Å². The summed E-state index contributed by atoms with van der Waals surface area (Å²) in [4.78, 5) is 12.0. The third kappa shape index (κ3) is 4.05. The van der Waals surface area contributed by atoms with Gasteiger partial charge in [-0.3, -0.25) is 4.98 Å². The molecule has 0 unspecified atom stereocenters. The normalized spacial score (nSPS) is 12.1. The Kier molecular flexibility index (Phi) is 5.41. The lowest BCUT2D eigenvalue weighted by molar-refractivity contribution is -0.141. The van der Waals surface area contributed by atoms with Crippen molar-refractivity contribution in [3.8, 4) is 28.7 Å². The van der Waals surface area contributed by atoms with Crippen LogP contribution in [0.1, 0.15) is 18.2 Å². The smallest absolute Gasteiger partial charge is 0.324 e. The molecule has 7 nitrogen and oxygen atoms in total. The molecule has 168 valence electrons. The van der Waals surface area contributed by atoms with Crippen LogP contribution in [0.4, 0.5) is 13.2 Å². The number of sulfone groups is 1. The van der Waals surface area contributed by atoms with Gasteiger partial charge in [0.25, 0.3) is 0 Å². The molecule has 33 heavy (non-hydrogen) atoms. The number of halogens is 3. The molecule has 0 aliphatic carbocycles. The standard InChI is InChI=1S/C22H16F3N5O2S/c1-3-33(31,32)18-8-15(14-6-4-13(10-26)5-7-14)11-28-20(18)21-29-16-9-19(22(23,24)25)27-12-17(16)30(21)2/h4-9,11-12H,3H2,1-2H3. The second kappa shape index (κ2) is 7.97. The van der Waals surface area contributed by atoms with Crippen LogP contribution in [0.25, 0.3) is 33.7 Å². The van der Waals surface area contributed by atoms with Crippen LogP contribution < -0.4 is 0 Å². The Bertz CT molecular complexity index is 1520. The van der Waals surface area contributed by atoms with Crippen molar-refractivity contribution in [2.24, 2.45) is 7.05 Å². The summed E-state index contributed by atoms with van der Waals surface area (Å²) in [5.41, 5.74) is 0.881. The summed E-state index contributed by atoms with van der Waals surface area (Å²) >= 11 is 0. The Hall–Kier alpha value is -3.78. The summed E-state index contributed by atoms with van der Waals surface area (Å²) in [6.07, 6.45) is -2.12. The minimum Gasteiger partial charge on any atom is -0.324 e. The molecular weight excluding hydrogens is 455 g/mol. The molecule has 0 aliphatic heterocycles. The van der Waals surface area contributed by atoms with Gasteiger partial charge in [-0.1, -0.05) is 19.1 Å². The highest BCUT2D eigenvalue weighted by atomic mass is 32.2. The minimum absolute atomic E-state index is 0.0210. The maximum absolute atomic E-state index is 13.1. The molecule has 4 aromatic rings. The van der Waals surface area contributed by atoms with E-state index >= 15 is 0 Å². The van der Waals surface area contributed by atoms with Crippen molar-refractivity contribution < 1.29 is 21.6 Å². The summed E-state index contributed by atoms with van der Waals surface area (Å²) in [7, 11) is -2.22. The maximum Gasteiger partial charge on any atom is 0.433 e. The largest absolute Gasteiger partial charge is 0.433 e. The molecule has 0 N–H and O–H groups in total. The van der Waals surface area contributed by atoms with E-state index in [1.165, 1.54) is 23.8 Å². The molecule has 0 saturated heterocycles. The van der Waals surface area contributed by atoms with Crippen molar-refractivity contribution >= 4 is 20.9 Å². The fourth-order valence-electron chi connectivity index (χ4n) is 3.36. The zero-order chi connectivity index (χ0) is 24.0. The molecule has 0 fully saturated rings. The Morgan fingerprint density at radius 3 is 2.36 bits per heavy atom. The van der Waals surface area contributed by atoms with Gasteiger partial charge >= 0.3 is 6.18 Å². The van der Waals surface area contributed by atoms with Crippen LogP contribution in [-0.2, 0) is 23.1 Å². The molecule has 0 radical (unpaired) electrons.